The Hall–Kier alpha value is -2.18. The summed E-state index contributed by atoms with van der Waals surface area (Å²) in [5.74, 6) is -0.108. The van der Waals surface area contributed by atoms with Gasteiger partial charge in [-0.05, 0) is 38.1 Å². The van der Waals surface area contributed by atoms with Gasteiger partial charge in [-0.25, -0.2) is 9.59 Å². The van der Waals surface area contributed by atoms with Gasteiger partial charge in [0, 0.05) is 5.02 Å². The number of carbonyl (C=O) groups is 2. The van der Waals surface area contributed by atoms with Crippen LogP contribution in [0.3, 0.4) is 0 Å². The number of carbonyl (C=O) groups excluding carboxylic acids is 2. The van der Waals surface area contributed by atoms with Crippen LogP contribution in [0.15, 0.2) is 28.7 Å². The second-order valence-electron chi connectivity index (χ2n) is 5.12. The number of ether oxygens (including phenoxy) is 3. The lowest BCUT2D eigenvalue weighted by atomic mass is 10.2. The molecule has 2 rings (SSSR count). The van der Waals surface area contributed by atoms with E-state index in [1.807, 2.05) is 0 Å². The first-order valence-electron chi connectivity index (χ1n) is 7.27. The van der Waals surface area contributed by atoms with Gasteiger partial charge in [-0.2, -0.15) is 0 Å². The Morgan fingerprint density at radius 3 is 2.60 bits per heavy atom. The van der Waals surface area contributed by atoms with E-state index in [2.05, 4.69) is 4.74 Å². The Balaban J connectivity index is 1.94. The van der Waals surface area contributed by atoms with Gasteiger partial charge in [0.1, 0.15) is 29.4 Å². The first-order valence-corrected chi connectivity index (χ1v) is 8.03. The molecule has 0 spiro atoms. The van der Waals surface area contributed by atoms with E-state index in [0.717, 1.165) is 0 Å². The number of esters is 2. The van der Waals surface area contributed by atoms with Crippen LogP contribution in [0.5, 0.6) is 5.75 Å². The summed E-state index contributed by atoms with van der Waals surface area (Å²) >= 11 is 11.8. The van der Waals surface area contributed by atoms with Crippen LogP contribution >= 0.6 is 23.2 Å². The number of aryl methyl sites for hydroxylation is 1. The molecule has 0 N–H and O–H groups in total. The van der Waals surface area contributed by atoms with Crippen LogP contribution in [0.4, 0.5) is 0 Å². The Kier molecular flexibility index (Phi) is 6.33. The predicted octanol–water partition coefficient (Wildman–Crippen LogP) is 4.19. The third kappa shape index (κ3) is 4.90. The molecule has 0 amide bonds. The molecule has 6 nitrogen and oxygen atoms in total. The summed E-state index contributed by atoms with van der Waals surface area (Å²) in [5.41, 5.74) is 0.283. The van der Waals surface area contributed by atoms with Gasteiger partial charge in [-0.1, -0.05) is 23.2 Å². The zero-order chi connectivity index (χ0) is 18.6. The van der Waals surface area contributed by atoms with E-state index in [1.54, 1.807) is 19.1 Å². The Bertz CT molecular complexity index is 783. The van der Waals surface area contributed by atoms with Crippen molar-refractivity contribution < 1.29 is 28.2 Å². The summed E-state index contributed by atoms with van der Waals surface area (Å²) in [6.45, 7) is 3.01. The molecule has 0 aliphatic rings. The minimum absolute atomic E-state index is 0.140. The highest BCUT2D eigenvalue weighted by Crippen LogP contribution is 2.28. The van der Waals surface area contributed by atoms with Crippen LogP contribution in [-0.2, 0) is 20.9 Å². The lowest BCUT2D eigenvalue weighted by Gasteiger charge is -2.14. The highest BCUT2D eigenvalue weighted by atomic mass is 35.5. The van der Waals surface area contributed by atoms with Gasteiger partial charge >= 0.3 is 11.9 Å². The summed E-state index contributed by atoms with van der Waals surface area (Å²) in [7, 11) is 1.27. The molecule has 0 fully saturated rings. The lowest BCUT2D eigenvalue weighted by molar-refractivity contribution is -0.153. The Morgan fingerprint density at radius 1 is 1.24 bits per heavy atom. The van der Waals surface area contributed by atoms with Crippen molar-refractivity contribution in [3.8, 4) is 5.75 Å². The van der Waals surface area contributed by atoms with Gasteiger partial charge in [0.05, 0.1) is 12.1 Å². The average molecular weight is 387 g/mol. The van der Waals surface area contributed by atoms with Gasteiger partial charge < -0.3 is 18.6 Å². The van der Waals surface area contributed by atoms with Crippen LogP contribution in [0.1, 0.15) is 28.8 Å². The lowest BCUT2D eigenvalue weighted by Crippen LogP contribution is -2.26. The topological polar surface area (TPSA) is 75.0 Å². The molecule has 1 aromatic carbocycles. The zero-order valence-corrected chi connectivity index (χ0v) is 15.3. The second-order valence-corrected chi connectivity index (χ2v) is 5.96. The molecule has 1 heterocycles. The third-order valence-electron chi connectivity index (χ3n) is 3.26. The van der Waals surface area contributed by atoms with Crippen LogP contribution in [0.25, 0.3) is 0 Å². The van der Waals surface area contributed by atoms with Crippen molar-refractivity contribution in [1.29, 1.82) is 0 Å². The van der Waals surface area contributed by atoms with Gasteiger partial charge in [0.2, 0.25) is 0 Å². The first kappa shape index (κ1) is 19.1. The molecule has 0 unspecified atom stereocenters. The Labute approximate surface area is 154 Å². The Morgan fingerprint density at radius 2 is 1.96 bits per heavy atom. The van der Waals surface area contributed by atoms with Crippen molar-refractivity contribution in [2.45, 2.75) is 26.6 Å². The van der Waals surface area contributed by atoms with E-state index >= 15 is 0 Å². The molecule has 25 heavy (non-hydrogen) atoms. The van der Waals surface area contributed by atoms with E-state index in [1.165, 1.54) is 26.2 Å². The number of rotatable bonds is 6. The molecule has 134 valence electrons. The molecular weight excluding hydrogens is 371 g/mol. The van der Waals surface area contributed by atoms with Crippen LogP contribution in [-0.4, -0.2) is 25.2 Å². The number of benzene rings is 1. The van der Waals surface area contributed by atoms with Gasteiger partial charge in [-0.3, -0.25) is 0 Å². The van der Waals surface area contributed by atoms with Crippen molar-refractivity contribution in [3.05, 3.63) is 51.4 Å². The smallest absolute Gasteiger partial charge is 0.347 e. The summed E-state index contributed by atoms with van der Waals surface area (Å²) in [4.78, 5) is 23.6. The standard InChI is InChI=1S/C17H16Cl2O6/c1-9-13(17(21)22-3)7-12(24-9)8-23-16(20)10(2)25-15-5-4-11(18)6-14(15)19/h4-7,10H,8H2,1-3H3/t10-/m1/s1. The van der Waals surface area contributed by atoms with Crippen molar-refractivity contribution in [2.24, 2.45) is 0 Å². The minimum Gasteiger partial charge on any atom is -0.477 e. The molecule has 0 radical (unpaired) electrons. The monoisotopic (exact) mass is 386 g/mol. The molecule has 2 aromatic rings. The van der Waals surface area contributed by atoms with Gasteiger partial charge in [0.25, 0.3) is 0 Å². The fourth-order valence-corrected chi connectivity index (χ4v) is 2.45. The van der Waals surface area contributed by atoms with Crippen molar-refractivity contribution in [2.75, 3.05) is 7.11 Å². The highest BCUT2D eigenvalue weighted by Gasteiger charge is 2.20. The second kappa shape index (κ2) is 8.27. The molecule has 0 aliphatic heterocycles. The van der Waals surface area contributed by atoms with E-state index in [-0.39, 0.29) is 17.2 Å². The maximum Gasteiger partial charge on any atom is 0.347 e. The van der Waals surface area contributed by atoms with Gasteiger partial charge in [0.15, 0.2) is 6.10 Å². The predicted molar refractivity (Wildman–Crippen MR) is 91.1 cm³/mol. The number of hydrogen-bond acceptors (Lipinski definition) is 6. The van der Waals surface area contributed by atoms with E-state index in [4.69, 9.17) is 37.1 Å². The van der Waals surface area contributed by atoms with E-state index in [0.29, 0.717) is 22.3 Å². The maximum atomic E-state index is 12.0. The molecular formula is C17H16Cl2O6. The quantitative estimate of drug-likeness (QED) is 0.692. The normalized spacial score (nSPS) is 11.7. The molecule has 0 bridgehead atoms. The number of methoxy groups -OCH3 is 1. The number of furan rings is 1. The van der Waals surface area contributed by atoms with Crippen LogP contribution < -0.4 is 4.74 Å². The van der Waals surface area contributed by atoms with Crippen LogP contribution in [0.2, 0.25) is 10.0 Å². The fraction of sp³-hybridized carbons (Fsp3) is 0.294. The molecule has 1 atom stereocenters. The largest absolute Gasteiger partial charge is 0.477 e. The van der Waals surface area contributed by atoms with Crippen molar-refractivity contribution in [3.63, 3.8) is 0 Å². The first-order chi connectivity index (χ1) is 11.8. The molecule has 0 saturated carbocycles. The van der Waals surface area contributed by atoms with Crippen molar-refractivity contribution >= 4 is 35.1 Å². The summed E-state index contributed by atoms with van der Waals surface area (Å²) in [6.07, 6.45) is -0.894. The fourth-order valence-electron chi connectivity index (χ4n) is 2.00. The van der Waals surface area contributed by atoms with E-state index < -0.39 is 18.0 Å². The number of halogens is 2. The summed E-state index contributed by atoms with van der Waals surface area (Å²) < 4.78 is 20.6. The van der Waals surface area contributed by atoms with E-state index in [9.17, 15) is 9.59 Å². The summed E-state index contributed by atoms with van der Waals surface area (Å²) in [6, 6.07) is 6.14. The van der Waals surface area contributed by atoms with Crippen molar-refractivity contribution in [1.82, 2.24) is 0 Å². The molecule has 0 saturated heterocycles. The molecule has 8 heteroatoms. The molecule has 0 aliphatic carbocycles. The average Bonchev–Trinajstić information content (AvgIpc) is 2.95. The van der Waals surface area contributed by atoms with Crippen LogP contribution in [0, 0.1) is 6.92 Å². The summed E-state index contributed by atoms with van der Waals surface area (Å²) in [5, 5.41) is 0.749. The van der Waals surface area contributed by atoms with Gasteiger partial charge in [-0.15, -0.1) is 0 Å². The SMILES string of the molecule is COC(=O)c1cc(COC(=O)[C@@H](C)Oc2ccc(Cl)cc2Cl)oc1C. The third-order valence-corrected chi connectivity index (χ3v) is 3.79. The number of hydrogen-bond donors (Lipinski definition) is 0. The zero-order valence-electron chi connectivity index (χ0n) is 13.8. The minimum atomic E-state index is -0.894. The highest BCUT2D eigenvalue weighted by molar-refractivity contribution is 6.35. The molecule has 1 aromatic heterocycles. The maximum absolute atomic E-state index is 12.0.